The Kier molecular flexibility index (Phi) is 4.75. The summed E-state index contributed by atoms with van der Waals surface area (Å²) in [6.07, 6.45) is 0.559. The molecule has 0 fully saturated rings. The zero-order valence-electron chi connectivity index (χ0n) is 11.5. The Morgan fingerprint density at radius 3 is 2.80 bits per heavy atom. The average Bonchev–Trinajstić information content (AvgIpc) is 2.76. The van der Waals surface area contributed by atoms with Crippen LogP contribution in [0, 0.1) is 12.7 Å². The predicted octanol–water partition coefficient (Wildman–Crippen LogP) is 2.75. The lowest BCUT2D eigenvalue weighted by molar-refractivity contribution is 0.490. The van der Waals surface area contributed by atoms with Crippen molar-refractivity contribution in [2.45, 2.75) is 32.9 Å². The van der Waals surface area contributed by atoms with E-state index in [1.807, 2.05) is 24.6 Å². The minimum absolute atomic E-state index is 0.325. The predicted molar refractivity (Wildman–Crippen MR) is 77.8 cm³/mol. The molecule has 0 amide bonds. The summed E-state index contributed by atoms with van der Waals surface area (Å²) in [4.78, 5) is 0. The Labute approximate surface area is 122 Å². The molecule has 3 N–H and O–H groups in total. The van der Waals surface area contributed by atoms with Gasteiger partial charge in [0.1, 0.15) is 5.82 Å². The van der Waals surface area contributed by atoms with Gasteiger partial charge >= 0.3 is 0 Å². The van der Waals surface area contributed by atoms with E-state index in [-0.39, 0.29) is 11.9 Å². The summed E-state index contributed by atoms with van der Waals surface area (Å²) < 4.78 is 15.9. The number of hydrogen-bond donors (Lipinski definition) is 2. The lowest BCUT2D eigenvalue weighted by Gasteiger charge is -2.17. The number of nitrogens with two attached hydrogens (primary N) is 1. The maximum absolute atomic E-state index is 14.0. The zero-order chi connectivity index (χ0) is 14.7. The smallest absolute Gasteiger partial charge is 0.129 e. The summed E-state index contributed by atoms with van der Waals surface area (Å²) in [7, 11) is 0. The monoisotopic (exact) mass is 296 g/mol. The lowest BCUT2D eigenvalue weighted by atomic mass is 10.0. The highest BCUT2D eigenvalue weighted by Gasteiger charge is 2.17. The van der Waals surface area contributed by atoms with Crippen LogP contribution in [0.1, 0.15) is 29.9 Å². The SMILES string of the molecule is CCn1nc(C)cc1CC(NN)c1ccc(Cl)cc1F. The molecule has 1 aromatic heterocycles. The fourth-order valence-corrected chi connectivity index (χ4v) is 2.45. The number of hydrogen-bond acceptors (Lipinski definition) is 3. The van der Waals surface area contributed by atoms with Crippen LogP contribution in [0.4, 0.5) is 4.39 Å². The number of rotatable bonds is 5. The first-order valence-electron chi connectivity index (χ1n) is 6.49. The highest BCUT2D eigenvalue weighted by Crippen LogP contribution is 2.23. The average molecular weight is 297 g/mol. The van der Waals surface area contributed by atoms with Crippen molar-refractivity contribution in [2.24, 2.45) is 5.84 Å². The van der Waals surface area contributed by atoms with Crippen LogP contribution < -0.4 is 11.3 Å². The van der Waals surface area contributed by atoms with Crippen molar-refractivity contribution in [1.29, 1.82) is 0 Å². The largest absolute Gasteiger partial charge is 0.271 e. The first kappa shape index (κ1) is 15.0. The Hall–Kier alpha value is -1.43. The van der Waals surface area contributed by atoms with Crippen molar-refractivity contribution in [3.8, 4) is 0 Å². The minimum atomic E-state index is -0.361. The van der Waals surface area contributed by atoms with Gasteiger partial charge in [0, 0.05) is 29.2 Å². The van der Waals surface area contributed by atoms with E-state index >= 15 is 0 Å². The zero-order valence-corrected chi connectivity index (χ0v) is 12.3. The van der Waals surface area contributed by atoms with Gasteiger partial charge in [-0.25, -0.2) is 4.39 Å². The van der Waals surface area contributed by atoms with E-state index in [0.717, 1.165) is 17.9 Å². The molecule has 1 atom stereocenters. The Bertz CT molecular complexity index is 597. The normalized spacial score (nSPS) is 12.7. The van der Waals surface area contributed by atoms with Gasteiger partial charge in [-0.15, -0.1) is 0 Å². The van der Waals surface area contributed by atoms with Crippen LogP contribution in [0.2, 0.25) is 5.02 Å². The molecule has 2 aromatic rings. The number of nitrogens with one attached hydrogen (secondary N) is 1. The van der Waals surface area contributed by atoms with Crippen molar-refractivity contribution in [2.75, 3.05) is 0 Å². The summed E-state index contributed by atoms with van der Waals surface area (Å²) in [6, 6.07) is 6.27. The van der Waals surface area contributed by atoms with Crippen LogP contribution in [-0.2, 0) is 13.0 Å². The second kappa shape index (κ2) is 6.35. The van der Waals surface area contributed by atoms with E-state index in [2.05, 4.69) is 10.5 Å². The number of benzene rings is 1. The second-order valence-corrected chi connectivity index (χ2v) is 5.12. The molecule has 0 radical (unpaired) electrons. The van der Waals surface area contributed by atoms with Gasteiger partial charge in [-0.3, -0.25) is 16.0 Å². The van der Waals surface area contributed by atoms with E-state index in [9.17, 15) is 4.39 Å². The Balaban J connectivity index is 2.28. The van der Waals surface area contributed by atoms with E-state index in [0.29, 0.717) is 17.0 Å². The van der Waals surface area contributed by atoms with Gasteiger partial charge in [0.15, 0.2) is 0 Å². The van der Waals surface area contributed by atoms with Crippen LogP contribution in [0.5, 0.6) is 0 Å². The van der Waals surface area contributed by atoms with Crippen molar-refractivity contribution in [3.63, 3.8) is 0 Å². The van der Waals surface area contributed by atoms with Gasteiger partial charge in [-0.2, -0.15) is 5.10 Å². The molecule has 2 rings (SSSR count). The van der Waals surface area contributed by atoms with Gasteiger partial charge < -0.3 is 0 Å². The van der Waals surface area contributed by atoms with Crippen LogP contribution in [0.3, 0.4) is 0 Å². The van der Waals surface area contributed by atoms with Crippen LogP contribution in [-0.4, -0.2) is 9.78 Å². The van der Waals surface area contributed by atoms with Crippen molar-refractivity contribution in [1.82, 2.24) is 15.2 Å². The molecule has 1 unspecified atom stereocenters. The molecule has 0 spiro atoms. The van der Waals surface area contributed by atoms with Gasteiger partial charge in [0.25, 0.3) is 0 Å². The molecule has 4 nitrogen and oxygen atoms in total. The number of halogens is 2. The third-order valence-electron chi connectivity index (χ3n) is 3.24. The molecule has 0 aliphatic rings. The highest BCUT2D eigenvalue weighted by atomic mass is 35.5. The lowest BCUT2D eigenvalue weighted by Crippen LogP contribution is -2.31. The number of aryl methyl sites for hydroxylation is 2. The fraction of sp³-hybridized carbons (Fsp3) is 0.357. The maximum Gasteiger partial charge on any atom is 0.129 e. The molecule has 1 aromatic carbocycles. The standard InChI is InChI=1S/C14H18ClFN4/c1-3-20-11(6-9(2)19-20)8-14(18-17)12-5-4-10(15)7-13(12)16/h4-7,14,18H,3,8,17H2,1-2H3. The summed E-state index contributed by atoms with van der Waals surface area (Å²) >= 11 is 5.77. The molecule has 0 saturated heterocycles. The van der Waals surface area contributed by atoms with Gasteiger partial charge in [-0.1, -0.05) is 17.7 Å². The van der Waals surface area contributed by atoms with Gasteiger partial charge in [0.05, 0.1) is 11.7 Å². The van der Waals surface area contributed by atoms with E-state index < -0.39 is 0 Å². The van der Waals surface area contributed by atoms with Crippen molar-refractivity contribution >= 4 is 11.6 Å². The summed E-state index contributed by atoms with van der Waals surface area (Å²) in [6.45, 7) is 4.72. The minimum Gasteiger partial charge on any atom is -0.271 e. The molecule has 108 valence electrons. The van der Waals surface area contributed by atoms with Crippen LogP contribution in [0.25, 0.3) is 0 Å². The summed E-state index contributed by atoms with van der Waals surface area (Å²) in [5, 5.41) is 4.75. The summed E-state index contributed by atoms with van der Waals surface area (Å²) in [5.41, 5.74) is 5.12. The van der Waals surface area contributed by atoms with Crippen LogP contribution >= 0.6 is 11.6 Å². The molecule has 0 bridgehead atoms. The van der Waals surface area contributed by atoms with Gasteiger partial charge in [0.2, 0.25) is 0 Å². The molecule has 0 saturated carbocycles. The molecular weight excluding hydrogens is 279 g/mol. The molecule has 1 heterocycles. The topological polar surface area (TPSA) is 55.9 Å². The fourth-order valence-electron chi connectivity index (χ4n) is 2.29. The van der Waals surface area contributed by atoms with E-state index in [1.54, 1.807) is 12.1 Å². The molecule has 0 aliphatic carbocycles. The van der Waals surface area contributed by atoms with E-state index in [1.165, 1.54) is 6.07 Å². The first-order valence-corrected chi connectivity index (χ1v) is 6.87. The Morgan fingerprint density at radius 2 is 2.20 bits per heavy atom. The second-order valence-electron chi connectivity index (χ2n) is 4.68. The Morgan fingerprint density at radius 1 is 1.45 bits per heavy atom. The highest BCUT2D eigenvalue weighted by molar-refractivity contribution is 6.30. The molecule has 6 heteroatoms. The van der Waals surface area contributed by atoms with Crippen molar-refractivity contribution in [3.05, 3.63) is 52.1 Å². The molecular formula is C14H18ClFN4. The van der Waals surface area contributed by atoms with Gasteiger partial charge in [-0.05, 0) is 32.0 Å². The third kappa shape index (κ3) is 3.17. The van der Waals surface area contributed by atoms with E-state index in [4.69, 9.17) is 17.4 Å². The summed E-state index contributed by atoms with van der Waals surface area (Å²) in [5.74, 6) is 5.22. The van der Waals surface area contributed by atoms with Crippen molar-refractivity contribution < 1.29 is 4.39 Å². The maximum atomic E-state index is 14.0. The van der Waals surface area contributed by atoms with Crippen LogP contribution in [0.15, 0.2) is 24.3 Å². The number of aromatic nitrogens is 2. The molecule has 20 heavy (non-hydrogen) atoms. The quantitative estimate of drug-likeness (QED) is 0.659. The number of nitrogens with zero attached hydrogens (tertiary/aromatic N) is 2. The first-order chi connectivity index (χ1) is 9.55. The third-order valence-corrected chi connectivity index (χ3v) is 3.47. The molecule has 0 aliphatic heterocycles. The number of hydrazine groups is 1.